The molecule has 0 aromatic rings. The van der Waals surface area contributed by atoms with E-state index in [0.29, 0.717) is 0 Å². The van der Waals surface area contributed by atoms with Crippen LogP contribution >= 0.6 is 0 Å². The van der Waals surface area contributed by atoms with Crippen molar-refractivity contribution in [2.24, 2.45) is 0 Å². The fourth-order valence-corrected chi connectivity index (χ4v) is 96.2. The Balaban J connectivity index is 2.53. The van der Waals surface area contributed by atoms with E-state index in [9.17, 15) is 0 Å². The van der Waals surface area contributed by atoms with Gasteiger partial charge >= 0.3 is 212 Å². The van der Waals surface area contributed by atoms with Crippen LogP contribution in [0.1, 0.15) is 47.5 Å². The molecule has 0 atom stereocenters. The normalized spacial score (nSPS) is 29.3. The number of rotatable bonds is 5. The molecule has 3 rings (SSSR count). The van der Waals surface area contributed by atoms with Crippen molar-refractivity contribution in [3.63, 3.8) is 0 Å². The number of allylic oxidation sites excluding steroid dienone is 4. The second-order valence-electron chi connectivity index (χ2n) is 13.6. The number of nitrogens with zero attached hydrogens (tertiary/aromatic N) is 2. The first-order valence-corrected chi connectivity index (χ1v) is 31.6. The van der Waals surface area contributed by atoms with Crippen LogP contribution in [0.4, 0.5) is 0 Å². The van der Waals surface area contributed by atoms with Crippen molar-refractivity contribution >= 4 is 58.6 Å². The molecule has 0 bridgehead atoms. The third kappa shape index (κ3) is 3.90. The van der Waals surface area contributed by atoms with Crippen molar-refractivity contribution in [3.8, 4) is 0 Å². The second kappa shape index (κ2) is 8.91. The summed E-state index contributed by atoms with van der Waals surface area (Å²) in [7, 11) is -5.74. The monoisotopic (exact) mass is 612 g/mol. The van der Waals surface area contributed by atoms with Gasteiger partial charge < -0.3 is 0 Å². The quantitative estimate of drug-likeness (QED) is 0.291. The Hall–Kier alpha value is 1.13. The second-order valence-corrected chi connectivity index (χ2v) is 48.5. The molecule has 3 aliphatic heterocycles. The summed E-state index contributed by atoms with van der Waals surface area (Å²) in [5.74, 6) is 0. The Morgan fingerprint density at radius 3 is 1.12 bits per heavy atom. The van der Waals surface area contributed by atoms with Crippen molar-refractivity contribution in [1.29, 1.82) is 0 Å². The van der Waals surface area contributed by atoms with Gasteiger partial charge in [-0.15, -0.1) is 0 Å². The topological polar surface area (TPSA) is 6.48 Å². The molecule has 8 heteroatoms. The number of hydrogen-bond acceptors (Lipinski definition) is 2. The molecule has 0 amide bonds. The van der Waals surface area contributed by atoms with Gasteiger partial charge in [-0.05, 0) is 0 Å². The van der Waals surface area contributed by atoms with Crippen molar-refractivity contribution < 1.29 is 0 Å². The Labute approximate surface area is 210 Å². The minimum absolute atomic E-state index is 0.726. The molecule has 0 radical (unpaired) electrons. The fourth-order valence-electron chi connectivity index (χ4n) is 8.81. The zero-order valence-electron chi connectivity index (χ0n) is 23.9. The first kappa shape index (κ1) is 27.7. The average molecular weight is 612 g/mol. The predicted molar refractivity (Wildman–Crippen MR) is 161 cm³/mol. The van der Waals surface area contributed by atoms with Gasteiger partial charge in [-0.25, -0.2) is 0 Å². The summed E-state index contributed by atoms with van der Waals surface area (Å²) in [5.41, 5.74) is 3.79. The van der Waals surface area contributed by atoms with E-state index >= 15 is 0 Å². The van der Waals surface area contributed by atoms with E-state index in [1.807, 2.05) is 18.1 Å². The van der Waals surface area contributed by atoms with Crippen molar-refractivity contribution in [1.82, 2.24) is 4.91 Å². The van der Waals surface area contributed by atoms with E-state index < -0.39 is 51.9 Å². The zero-order valence-corrected chi connectivity index (χ0v) is 30.8. The SMILES string of the molecule is CCB1C(CC)=[C](C)[Sn]([N]2[Si](C)(C)CC[Si]2(C)C)([N]2[Si](C)(C)CC[Si]2(C)C)[C](C)=C1CC. The van der Waals surface area contributed by atoms with Gasteiger partial charge in [-0.2, -0.15) is 0 Å². The molecular formula is C24H53BN2Si4Sn. The molecule has 0 aliphatic carbocycles. The zero-order chi connectivity index (χ0) is 24.5. The number of hydrogen-bond donors (Lipinski definition) is 0. The molecule has 0 unspecified atom stereocenters. The average Bonchev–Trinajstić information content (AvgIpc) is 3.04. The van der Waals surface area contributed by atoms with Crippen molar-refractivity contribution in [3.05, 3.63) is 18.1 Å². The summed E-state index contributed by atoms with van der Waals surface area (Å²) >= 11 is -3.25. The Morgan fingerprint density at radius 2 is 0.906 bits per heavy atom. The predicted octanol–water partition coefficient (Wildman–Crippen LogP) is 8.02. The van der Waals surface area contributed by atoms with E-state index in [-0.39, 0.29) is 0 Å². The Kier molecular flexibility index (Phi) is 7.71. The third-order valence-corrected chi connectivity index (χ3v) is 69.7. The molecule has 0 N–H and O–H groups in total. The summed E-state index contributed by atoms with van der Waals surface area (Å²) in [4.78, 5) is 0. The fraction of sp³-hybridized carbons (Fsp3) is 0.833. The van der Waals surface area contributed by atoms with Crippen LogP contribution in [-0.2, 0) is 0 Å². The van der Waals surface area contributed by atoms with Gasteiger partial charge in [0.2, 0.25) is 0 Å². The van der Waals surface area contributed by atoms with E-state index in [0.717, 1.165) is 6.71 Å². The first-order valence-electron chi connectivity index (χ1n) is 13.6. The standard InChI is InChI=1S/C12H21B.2C6H16NSi2.Sn/c1-6-11(7-2)13(10-5)12(8-3)9-4;2*1-8(2)5-6-9(3,4)7-8;/h6,8,10H2,1-5H3;2*5-6H2,1-4H3;/q;2*-1;+2. The van der Waals surface area contributed by atoms with Gasteiger partial charge in [0.05, 0.1) is 0 Å². The summed E-state index contributed by atoms with van der Waals surface area (Å²) in [6.45, 7) is 35.7. The van der Waals surface area contributed by atoms with Crippen LogP contribution in [-0.4, -0.2) is 63.5 Å². The molecule has 0 spiro atoms. The first-order chi connectivity index (χ1) is 14.6. The molecule has 3 aliphatic rings. The summed E-state index contributed by atoms with van der Waals surface area (Å²) in [6, 6.07) is 6.18. The van der Waals surface area contributed by atoms with Gasteiger partial charge in [-0.3, -0.25) is 0 Å². The molecule has 32 heavy (non-hydrogen) atoms. The molecule has 3 heterocycles. The molecule has 2 fully saturated rings. The van der Waals surface area contributed by atoms with Crippen LogP contribution in [0.5, 0.6) is 0 Å². The Bertz CT molecular complexity index is 736. The van der Waals surface area contributed by atoms with E-state index in [1.165, 1.54) is 19.2 Å². The van der Waals surface area contributed by atoms with Crippen LogP contribution in [0.15, 0.2) is 18.1 Å². The molecule has 182 valence electrons. The maximum absolute atomic E-state index is 3.56. The van der Waals surface area contributed by atoms with Crippen molar-refractivity contribution in [2.45, 2.75) is 130 Å². The van der Waals surface area contributed by atoms with Gasteiger partial charge in [0.15, 0.2) is 0 Å². The molecule has 2 saturated heterocycles. The van der Waals surface area contributed by atoms with E-state index in [1.54, 1.807) is 24.2 Å². The summed E-state index contributed by atoms with van der Waals surface area (Å²) in [6.07, 6.45) is 3.84. The Morgan fingerprint density at radius 1 is 0.625 bits per heavy atom. The van der Waals surface area contributed by atoms with Gasteiger partial charge in [0.1, 0.15) is 0 Å². The van der Waals surface area contributed by atoms with Crippen molar-refractivity contribution in [2.75, 3.05) is 0 Å². The third-order valence-electron chi connectivity index (χ3n) is 9.79. The van der Waals surface area contributed by atoms with Crippen LogP contribution in [0.2, 0.25) is 82.9 Å². The van der Waals surface area contributed by atoms with E-state index in [4.69, 9.17) is 0 Å². The molecular weight excluding hydrogens is 558 g/mol. The van der Waals surface area contributed by atoms with Crippen LogP contribution in [0, 0.1) is 0 Å². The summed E-state index contributed by atoms with van der Waals surface area (Å²) < 4.78 is 11.1. The van der Waals surface area contributed by atoms with E-state index in [2.05, 4.69) is 91.9 Å². The van der Waals surface area contributed by atoms with Crippen LogP contribution in [0.3, 0.4) is 0 Å². The molecule has 0 aromatic carbocycles. The molecule has 2 nitrogen and oxygen atoms in total. The summed E-state index contributed by atoms with van der Waals surface area (Å²) in [5, 5.41) is 0. The molecule has 0 aromatic heterocycles. The van der Waals surface area contributed by atoms with Crippen LogP contribution in [0.25, 0.3) is 0 Å². The van der Waals surface area contributed by atoms with Gasteiger partial charge in [0.25, 0.3) is 0 Å². The minimum atomic E-state index is -3.25. The molecule has 0 saturated carbocycles. The van der Waals surface area contributed by atoms with Crippen LogP contribution < -0.4 is 0 Å². The van der Waals surface area contributed by atoms with Gasteiger partial charge in [0, 0.05) is 0 Å². The van der Waals surface area contributed by atoms with Gasteiger partial charge in [-0.1, -0.05) is 0 Å². The maximum atomic E-state index is 3.56.